The fourth-order valence-corrected chi connectivity index (χ4v) is 3.58. The van der Waals surface area contributed by atoms with Gasteiger partial charge in [0.05, 0.1) is 13.1 Å². The first-order valence-electron chi connectivity index (χ1n) is 8.43. The third-order valence-corrected chi connectivity index (χ3v) is 5.08. The highest BCUT2D eigenvalue weighted by Gasteiger charge is 2.27. The van der Waals surface area contributed by atoms with Gasteiger partial charge in [0.15, 0.2) is 0 Å². The fourth-order valence-electron chi connectivity index (χ4n) is 3.11. The molecule has 0 radical (unpaired) electrons. The van der Waals surface area contributed by atoms with Crippen LogP contribution in [0.3, 0.4) is 0 Å². The molecule has 1 aromatic heterocycles. The number of carbonyl (C=O) groups is 1. The molecule has 4 N–H and O–H groups in total. The van der Waals surface area contributed by atoms with E-state index in [0.29, 0.717) is 12.3 Å². The van der Waals surface area contributed by atoms with E-state index in [-0.39, 0.29) is 18.4 Å². The fraction of sp³-hybridized carbons (Fsp3) is 0.471. The van der Waals surface area contributed by atoms with Crippen molar-refractivity contribution in [1.82, 2.24) is 9.59 Å². The van der Waals surface area contributed by atoms with E-state index in [9.17, 15) is 9.90 Å². The highest BCUT2D eigenvalue weighted by atomic mass is 32.1. The van der Waals surface area contributed by atoms with Crippen molar-refractivity contribution in [3.05, 3.63) is 29.6 Å². The van der Waals surface area contributed by atoms with E-state index in [4.69, 9.17) is 10.5 Å². The second-order valence-corrected chi connectivity index (χ2v) is 7.02. The molecule has 2 heterocycles. The molecule has 7 nitrogen and oxygen atoms in total. The van der Waals surface area contributed by atoms with Gasteiger partial charge in [0.25, 0.3) is 0 Å². The SMILES string of the molecule is NC(=O)C1CC[NH+](C[C@H](O)COc2ccc(-c3csnn3)cc2)CC1. The number of carbonyl (C=O) groups excluding carboxylic acids is 1. The van der Waals surface area contributed by atoms with Crippen molar-refractivity contribution in [2.24, 2.45) is 11.7 Å². The first-order chi connectivity index (χ1) is 12.1. The van der Waals surface area contributed by atoms with Crippen LogP contribution in [0.2, 0.25) is 0 Å². The number of quaternary nitrogens is 1. The number of ether oxygens (including phenoxy) is 1. The molecule has 25 heavy (non-hydrogen) atoms. The number of piperidine rings is 1. The van der Waals surface area contributed by atoms with Gasteiger partial charge in [-0.1, -0.05) is 4.49 Å². The average molecular weight is 363 g/mol. The number of hydrogen-bond donors (Lipinski definition) is 3. The van der Waals surface area contributed by atoms with Crippen molar-refractivity contribution in [2.75, 3.05) is 26.2 Å². The molecule has 134 valence electrons. The Hall–Kier alpha value is -2.03. The van der Waals surface area contributed by atoms with Crippen LogP contribution in [-0.4, -0.2) is 52.9 Å². The molecule has 2 aromatic rings. The van der Waals surface area contributed by atoms with E-state index < -0.39 is 6.10 Å². The highest BCUT2D eigenvalue weighted by molar-refractivity contribution is 7.03. The van der Waals surface area contributed by atoms with E-state index in [2.05, 4.69) is 9.59 Å². The number of rotatable bonds is 7. The second-order valence-electron chi connectivity index (χ2n) is 6.41. The number of aromatic nitrogens is 2. The molecule has 1 atom stereocenters. The third kappa shape index (κ3) is 4.97. The molecule has 8 heteroatoms. The van der Waals surface area contributed by atoms with E-state index in [0.717, 1.165) is 37.2 Å². The van der Waals surface area contributed by atoms with Crippen molar-refractivity contribution >= 4 is 17.4 Å². The Morgan fingerprint density at radius 2 is 2.08 bits per heavy atom. The van der Waals surface area contributed by atoms with Gasteiger partial charge >= 0.3 is 0 Å². The largest absolute Gasteiger partial charge is 0.491 e. The van der Waals surface area contributed by atoms with Gasteiger partial charge in [-0.25, -0.2) is 0 Å². The van der Waals surface area contributed by atoms with E-state index >= 15 is 0 Å². The summed E-state index contributed by atoms with van der Waals surface area (Å²) in [6.07, 6.45) is 1.05. The molecule has 3 rings (SSSR count). The smallest absolute Gasteiger partial charge is 0.220 e. The maximum absolute atomic E-state index is 11.2. The molecule has 1 amide bonds. The number of aliphatic hydroxyl groups excluding tert-OH is 1. The third-order valence-electron chi connectivity index (χ3n) is 4.57. The standard InChI is InChI=1S/C17H22N4O3S/c18-17(23)13-5-7-21(8-6-13)9-14(22)10-24-15-3-1-12(2-4-15)16-11-25-20-19-16/h1-4,11,13-14,22H,5-10H2,(H2,18,23)/p+1/t14-/m0/s1. The lowest BCUT2D eigenvalue weighted by Gasteiger charge is -2.29. The molecule has 0 saturated carbocycles. The molecule has 1 aromatic carbocycles. The summed E-state index contributed by atoms with van der Waals surface area (Å²) in [4.78, 5) is 12.5. The minimum atomic E-state index is -0.539. The summed E-state index contributed by atoms with van der Waals surface area (Å²) in [5.74, 6) is 0.497. The summed E-state index contributed by atoms with van der Waals surface area (Å²) in [5.41, 5.74) is 7.18. The zero-order valence-electron chi connectivity index (χ0n) is 13.9. The van der Waals surface area contributed by atoms with Crippen LogP contribution in [0, 0.1) is 5.92 Å². The van der Waals surface area contributed by atoms with Crippen LogP contribution < -0.4 is 15.4 Å². The molecule has 0 spiro atoms. The highest BCUT2D eigenvalue weighted by Crippen LogP contribution is 2.21. The van der Waals surface area contributed by atoms with Gasteiger partial charge in [0, 0.05) is 29.7 Å². The van der Waals surface area contributed by atoms with Crippen molar-refractivity contribution in [1.29, 1.82) is 0 Å². The lowest BCUT2D eigenvalue weighted by molar-refractivity contribution is -0.908. The van der Waals surface area contributed by atoms with Gasteiger partial charge in [-0.05, 0) is 35.8 Å². The van der Waals surface area contributed by atoms with Crippen molar-refractivity contribution in [2.45, 2.75) is 18.9 Å². The quantitative estimate of drug-likeness (QED) is 0.628. The van der Waals surface area contributed by atoms with Crippen LogP contribution in [-0.2, 0) is 4.79 Å². The minimum Gasteiger partial charge on any atom is -0.491 e. The summed E-state index contributed by atoms with van der Waals surface area (Å²) >= 11 is 1.32. The number of aliphatic hydroxyl groups is 1. The van der Waals surface area contributed by atoms with Gasteiger partial charge < -0.3 is 20.5 Å². The molecule has 1 saturated heterocycles. The summed E-state index contributed by atoms with van der Waals surface area (Å²) in [5, 5.41) is 16.1. The molecule has 0 unspecified atom stereocenters. The lowest BCUT2D eigenvalue weighted by atomic mass is 9.96. The number of benzene rings is 1. The Morgan fingerprint density at radius 1 is 1.36 bits per heavy atom. The summed E-state index contributed by atoms with van der Waals surface area (Å²) < 4.78 is 9.52. The van der Waals surface area contributed by atoms with Crippen LogP contribution in [0.1, 0.15) is 12.8 Å². The van der Waals surface area contributed by atoms with Crippen LogP contribution in [0.4, 0.5) is 0 Å². The van der Waals surface area contributed by atoms with Crippen LogP contribution in [0.15, 0.2) is 29.6 Å². The first-order valence-corrected chi connectivity index (χ1v) is 9.26. The van der Waals surface area contributed by atoms with Gasteiger partial charge in [-0.2, -0.15) is 0 Å². The molecular weight excluding hydrogens is 340 g/mol. The molecule has 0 bridgehead atoms. The zero-order chi connectivity index (χ0) is 17.6. The zero-order valence-corrected chi connectivity index (χ0v) is 14.7. The normalized spacial score (nSPS) is 21.6. The Balaban J connectivity index is 1.42. The average Bonchev–Trinajstić information content (AvgIpc) is 3.15. The number of primary amides is 1. The van der Waals surface area contributed by atoms with Crippen molar-refractivity contribution < 1.29 is 19.5 Å². The second kappa shape index (κ2) is 8.37. The Labute approximate surface area is 150 Å². The summed E-state index contributed by atoms with van der Waals surface area (Å²) in [7, 11) is 0. The Bertz CT molecular complexity index is 670. The summed E-state index contributed by atoms with van der Waals surface area (Å²) in [6.45, 7) is 2.59. The number of nitrogens with zero attached hydrogens (tertiary/aromatic N) is 2. The molecule has 1 fully saturated rings. The molecule has 1 aliphatic rings. The number of nitrogens with two attached hydrogens (primary N) is 1. The number of hydrogen-bond acceptors (Lipinski definition) is 6. The predicted molar refractivity (Wildman–Crippen MR) is 94.3 cm³/mol. The maximum Gasteiger partial charge on any atom is 0.220 e. The van der Waals surface area contributed by atoms with Gasteiger partial charge in [-0.15, -0.1) is 5.10 Å². The van der Waals surface area contributed by atoms with Gasteiger partial charge in [0.2, 0.25) is 5.91 Å². The molecule has 1 aliphatic heterocycles. The number of nitrogens with one attached hydrogen (secondary N) is 1. The van der Waals surface area contributed by atoms with Crippen LogP contribution in [0.5, 0.6) is 5.75 Å². The maximum atomic E-state index is 11.2. The van der Waals surface area contributed by atoms with E-state index in [1.807, 2.05) is 29.6 Å². The van der Waals surface area contributed by atoms with E-state index in [1.165, 1.54) is 16.4 Å². The molecular formula is C17H23N4O3S+. The monoisotopic (exact) mass is 363 g/mol. The first kappa shape index (κ1) is 17.8. The van der Waals surface area contributed by atoms with E-state index in [1.54, 1.807) is 0 Å². The van der Waals surface area contributed by atoms with Gasteiger partial charge in [-0.3, -0.25) is 4.79 Å². The Kier molecular flexibility index (Phi) is 5.95. The topological polar surface area (TPSA) is 103 Å². The van der Waals surface area contributed by atoms with Gasteiger partial charge in [0.1, 0.15) is 30.7 Å². The van der Waals surface area contributed by atoms with Crippen molar-refractivity contribution in [3.8, 4) is 17.0 Å². The summed E-state index contributed by atoms with van der Waals surface area (Å²) in [6, 6.07) is 7.59. The minimum absolute atomic E-state index is 0.0106. The van der Waals surface area contributed by atoms with Crippen LogP contribution in [0.25, 0.3) is 11.3 Å². The molecule has 0 aliphatic carbocycles. The predicted octanol–water partition coefficient (Wildman–Crippen LogP) is -0.275. The lowest BCUT2D eigenvalue weighted by Crippen LogP contribution is -3.14. The number of likely N-dealkylation sites (tertiary alicyclic amines) is 1. The Morgan fingerprint density at radius 3 is 2.68 bits per heavy atom. The van der Waals surface area contributed by atoms with Crippen molar-refractivity contribution in [3.63, 3.8) is 0 Å². The van der Waals surface area contributed by atoms with Crippen LogP contribution >= 0.6 is 11.5 Å². The number of amides is 1.